The van der Waals surface area contributed by atoms with E-state index in [0.29, 0.717) is 11.3 Å². The van der Waals surface area contributed by atoms with Crippen LogP contribution in [0.2, 0.25) is 5.02 Å². The highest BCUT2D eigenvalue weighted by molar-refractivity contribution is 7.89. The standard InChI is InChI=1S/C34H52ClN3O9S/c1-8-9-10-11-12-13-14-15-16-17-20-48(44,45)36-22-23(2)46-30(41)24-18-19-25(35)26(21-24)37-29(40)27(28(39)33(3,4)5)38-31(42)34(6,7)47-32(38)43/h18-19,21,23,27,36H,8-17,20,22H2,1-7H3,(H,37,40). The smallest absolute Gasteiger partial charge is 0.418 e. The minimum atomic E-state index is -3.55. The molecule has 0 radical (unpaired) electrons. The van der Waals surface area contributed by atoms with E-state index in [-0.39, 0.29) is 28.6 Å². The lowest BCUT2D eigenvalue weighted by Gasteiger charge is -2.28. The molecule has 0 bridgehead atoms. The SMILES string of the molecule is CCCCCCCCCCCCS(=O)(=O)NCC(C)OC(=O)c1ccc(Cl)c(NC(=O)C(C(=O)C(C)(C)C)N2C(=O)OC(C)(C)C2=O)c1. The monoisotopic (exact) mass is 713 g/mol. The third-order valence-electron chi connectivity index (χ3n) is 7.89. The summed E-state index contributed by atoms with van der Waals surface area (Å²) in [6, 6.07) is 2.03. The van der Waals surface area contributed by atoms with Gasteiger partial charge in [-0.15, -0.1) is 0 Å². The van der Waals surface area contributed by atoms with Gasteiger partial charge in [0, 0.05) is 12.0 Å². The number of carbonyl (C=O) groups is 5. The van der Waals surface area contributed by atoms with E-state index in [2.05, 4.69) is 17.0 Å². The third-order valence-corrected chi connectivity index (χ3v) is 9.65. The Balaban J connectivity index is 1.97. The van der Waals surface area contributed by atoms with E-state index >= 15 is 0 Å². The Morgan fingerprint density at radius 1 is 0.979 bits per heavy atom. The first-order valence-electron chi connectivity index (χ1n) is 16.7. The van der Waals surface area contributed by atoms with Gasteiger partial charge in [0.2, 0.25) is 10.0 Å². The molecule has 1 heterocycles. The van der Waals surface area contributed by atoms with Gasteiger partial charge in [0.15, 0.2) is 17.4 Å². The van der Waals surface area contributed by atoms with E-state index in [1.54, 1.807) is 0 Å². The van der Waals surface area contributed by atoms with Crippen molar-refractivity contribution < 1.29 is 41.9 Å². The summed E-state index contributed by atoms with van der Waals surface area (Å²) in [6.07, 6.45) is 8.94. The van der Waals surface area contributed by atoms with Crippen LogP contribution in [0.3, 0.4) is 0 Å². The van der Waals surface area contributed by atoms with Crippen molar-refractivity contribution >= 4 is 57.0 Å². The second-order valence-electron chi connectivity index (χ2n) is 13.8. The molecule has 0 spiro atoms. The fourth-order valence-electron chi connectivity index (χ4n) is 5.01. The lowest BCUT2D eigenvalue weighted by molar-refractivity contribution is -0.145. The van der Waals surface area contributed by atoms with Gasteiger partial charge >= 0.3 is 12.1 Å². The number of imide groups is 1. The first-order valence-corrected chi connectivity index (χ1v) is 18.7. The quantitative estimate of drug-likeness (QED) is 0.0883. The van der Waals surface area contributed by atoms with Crippen molar-refractivity contribution in [3.05, 3.63) is 28.8 Å². The molecule has 0 aliphatic carbocycles. The summed E-state index contributed by atoms with van der Waals surface area (Å²) in [5.74, 6) is -3.44. The van der Waals surface area contributed by atoms with Crippen LogP contribution in [0.25, 0.3) is 0 Å². The summed E-state index contributed by atoms with van der Waals surface area (Å²) in [4.78, 5) is 65.8. The van der Waals surface area contributed by atoms with Crippen molar-refractivity contribution in [1.82, 2.24) is 9.62 Å². The number of ketones is 1. The second-order valence-corrected chi connectivity index (χ2v) is 16.2. The second kappa shape index (κ2) is 18.1. The number of halogens is 1. The number of ether oxygens (including phenoxy) is 2. The van der Waals surface area contributed by atoms with Crippen LogP contribution in [-0.2, 0) is 33.9 Å². The van der Waals surface area contributed by atoms with Crippen LogP contribution < -0.4 is 10.0 Å². The molecule has 14 heteroatoms. The zero-order chi connectivity index (χ0) is 36.3. The molecule has 0 saturated carbocycles. The van der Waals surface area contributed by atoms with Crippen LogP contribution in [-0.4, -0.2) is 73.0 Å². The molecule has 1 aliphatic heterocycles. The minimum Gasteiger partial charge on any atom is -0.458 e. The van der Waals surface area contributed by atoms with Crippen LogP contribution in [0.1, 0.15) is 123 Å². The zero-order valence-corrected chi connectivity index (χ0v) is 30.9. The van der Waals surface area contributed by atoms with Crippen LogP contribution in [0.4, 0.5) is 10.5 Å². The number of rotatable bonds is 20. The lowest BCUT2D eigenvalue weighted by Crippen LogP contribution is -2.55. The van der Waals surface area contributed by atoms with Crippen molar-refractivity contribution in [1.29, 1.82) is 0 Å². The first-order chi connectivity index (χ1) is 22.3. The molecule has 2 rings (SSSR count). The molecule has 12 nitrogen and oxygen atoms in total. The van der Waals surface area contributed by atoms with Crippen molar-refractivity contribution in [3.63, 3.8) is 0 Å². The average molecular weight is 714 g/mol. The van der Waals surface area contributed by atoms with Crippen molar-refractivity contribution in [2.24, 2.45) is 5.41 Å². The fourth-order valence-corrected chi connectivity index (χ4v) is 6.39. The number of benzene rings is 1. The zero-order valence-electron chi connectivity index (χ0n) is 29.3. The van der Waals surface area contributed by atoms with Gasteiger partial charge in [0.05, 0.1) is 22.0 Å². The predicted octanol–water partition coefficient (Wildman–Crippen LogP) is 6.41. The third kappa shape index (κ3) is 12.5. The highest BCUT2D eigenvalue weighted by atomic mass is 35.5. The van der Waals surface area contributed by atoms with Crippen molar-refractivity contribution in [2.45, 2.75) is 130 Å². The van der Waals surface area contributed by atoms with Crippen LogP contribution in [0, 0.1) is 5.41 Å². The minimum absolute atomic E-state index is 0.00490. The van der Waals surface area contributed by atoms with E-state index in [1.807, 2.05) is 0 Å². The van der Waals surface area contributed by atoms with Gasteiger partial charge in [-0.05, 0) is 45.4 Å². The van der Waals surface area contributed by atoms with Gasteiger partial charge in [-0.1, -0.05) is 97.1 Å². The number of hydrogen-bond donors (Lipinski definition) is 2. The Labute approximate surface area is 290 Å². The maximum absolute atomic E-state index is 13.5. The molecule has 1 aliphatic rings. The number of sulfonamides is 1. The van der Waals surface area contributed by atoms with E-state index in [4.69, 9.17) is 21.1 Å². The Hall–Kier alpha value is -3.03. The Morgan fingerprint density at radius 2 is 1.54 bits per heavy atom. The summed E-state index contributed by atoms with van der Waals surface area (Å²) in [7, 11) is -3.55. The fraction of sp³-hybridized carbons (Fsp3) is 0.676. The average Bonchev–Trinajstić information content (AvgIpc) is 3.19. The molecular formula is C34H52ClN3O9S. The van der Waals surface area contributed by atoms with E-state index in [9.17, 15) is 32.4 Å². The summed E-state index contributed by atoms with van der Waals surface area (Å²) in [6.45, 7) is 10.9. The molecule has 1 aromatic carbocycles. The van der Waals surface area contributed by atoms with E-state index in [1.165, 1.54) is 98.3 Å². The molecule has 2 atom stereocenters. The van der Waals surface area contributed by atoms with Gasteiger partial charge in [-0.25, -0.2) is 27.6 Å². The molecule has 3 amide bonds. The summed E-state index contributed by atoms with van der Waals surface area (Å²) >= 11 is 6.29. The van der Waals surface area contributed by atoms with Crippen molar-refractivity contribution in [3.8, 4) is 0 Å². The largest absolute Gasteiger partial charge is 0.458 e. The molecular weight excluding hydrogens is 662 g/mol. The Morgan fingerprint density at radius 3 is 2.06 bits per heavy atom. The first kappa shape index (κ1) is 41.1. The number of nitrogens with zero attached hydrogens (tertiary/aromatic N) is 1. The normalized spacial score (nSPS) is 16.0. The molecule has 1 aromatic rings. The summed E-state index contributed by atoms with van der Waals surface area (Å²) in [5.41, 5.74) is -2.80. The molecule has 270 valence electrons. The van der Waals surface area contributed by atoms with Gasteiger partial charge < -0.3 is 14.8 Å². The molecule has 2 unspecified atom stereocenters. The number of cyclic esters (lactones) is 1. The highest BCUT2D eigenvalue weighted by Crippen LogP contribution is 2.31. The van der Waals surface area contributed by atoms with Gasteiger partial charge in [-0.3, -0.25) is 14.4 Å². The molecule has 1 saturated heterocycles. The van der Waals surface area contributed by atoms with E-state index < -0.39 is 62.8 Å². The molecule has 0 aromatic heterocycles. The lowest BCUT2D eigenvalue weighted by atomic mass is 9.85. The maximum atomic E-state index is 13.5. The van der Waals surface area contributed by atoms with Crippen molar-refractivity contribution in [2.75, 3.05) is 17.6 Å². The number of hydrogen-bond acceptors (Lipinski definition) is 9. The van der Waals surface area contributed by atoms with E-state index in [0.717, 1.165) is 19.3 Å². The topological polar surface area (TPSA) is 165 Å². The van der Waals surface area contributed by atoms with Gasteiger partial charge in [-0.2, -0.15) is 0 Å². The molecule has 1 fully saturated rings. The Kier molecular flexibility index (Phi) is 15.5. The van der Waals surface area contributed by atoms with Gasteiger partial charge in [0.25, 0.3) is 11.8 Å². The van der Waals surface area contributed by atoms with Crippen LogP contribution in [0.15, 0.2) is 18.2 Å². The van der Waals surface area contributed by atoms with Crippen LogP contribution >= 0.6 is 11.6 Å². The van der Waals surface area contributed by atoms with Gasteiger partial charge in [0.1, 0.15) is 6.10 Å². The number of esters is 1. The summed E-state index contributed by atoms with van der Waals surface area (Å²) in [5, 5.41) is 2.46. The summed E-state index contributed by atoms with van der Waals surface area (Å²) < 4.78 is 37.9. The van der Waals surface area contributed by atoms with Crippen LogP contribution in [0.5, 0.6) is 0 Å². The maximum Gasteiger partial charge on any atom is 0.418 e. The molecule has 2 N–H and O–H groups in total. The number of unbranched alkanes of at least 4 members (excludes halogenated alkanes) is 9. The molecule has 48 heavy (non-hydrogen) atoms. The number of anilines is 1. The number of amides is 3. The Bertz CT molecular complexity index is 1420. The number of Topliss-reactive ketones (excluding diaryl/α,β-unsaturated/α-hetero) is 1. The number of nitrogens with one attached hydrogen (secondary N) is 2. The predicted molar refractivity (Wildman–Crippen MR) is 184 cm³/mol. The number of carbonyl (C=O) groups excluding carboxylic acids is 5. The highest BCUT2D eigenvalue weighted by Gasteiger charge is 2.55.